The molecule has 0 heterocycles. The van der Waals surface area contributed by atoms with Gasteiger partial charge in [0, 0.05) is 21.5 Å². The van der Waals surface area contributed by atoms with E-state index in [2.05, 4.69) is 44.2 Å². The van der Waals surface area contributed by atoms with Crippen molar-refractivity contribution >= 4 is 33.1 Å². The lowest BCUT2D eigenvalue weighted by atomic mass is 10.0. The molecule has 0 aliphatic rings. The van der Waals surface area contributed by atoms with Crippen molar-refractivity contribution in [2.24, 2.45) is 0 Å². The fraction of sp³-hybridized carbons (Fsp3) is 0.611. The summed E-state index contributed by atoms with van der Waals surface area (Å²) < 4.78 is 13.0. The number of ether oxygens (including phenoxy) is 2. The second-order valence-corrected chi connectivity index (χ2v) is 11.6. The van der Waals surface area contributed by atoms with Gasteiger partial charge in [-0.25, -0.2) is 0 Å². The highest BCUT2D eigenvalue weighted by atomic mass is 35.5. The SMILES string of the molecule is CCCCCCCCCCCOc1c2ccccc2c(OCCCCCCCCCCC)c2c(Cl)cccc12. The molecule has 0 bridgehead atoms. The molecule has 3 aromatic rings. The number of halogens is 1. The predicted octanol–water partition coefficient (Wildman–Crippen LogP) is 12.5. The van der Waals surface area contributed by atoms with Crippen LogP contribution in [0, 0.1) is 0 Å². The van der Waals surface area contributed by atoms with Gasteiger partial charge < -0.3 is 9.47 Å². The number of hydrogen-bond acceptors (Lipinski definition) is 2. The number of rotatable bonds is 22. The highest BCUT2D eigenvalue weighted by Crippen LogP contribution is 2.45. The number of fused-ring (bicyclic) bond motifs is 2. The molecule has 0 saturated heterocycles. The molecular formula is C36H53ClO2. The van der Waals surface area contributed by atoms with Crippen LogP contribution < -0.4 is 9.47 Å². The largest absolute Gasteiger partial charge is 0.492 e. The van der Waals surface area contributed by atoms with Crippen LogP contribution >= 0.6 is 11.6 Å². The summed E-state index contributed by atoms with van der Waals surface area (Å²) in [5.41, 5.74) is 0. The van der Waals surface area contributed by atoms with Gasteiger partial charge in [-0.1, -0.05) is 165 Å². The molecule has 0 fully saturated rings. The zero-order chi connectivity index (χ0) is 27.5. The van der Waals surface area contributed by atoms with E-state index in [-0.39, 0.29) is 0 Å². The average Bonchev–Trinajstić information content (AvgIpc) is 2.95. The van der Waals surface area contributed by atoms with Gasteiger partial charge in [-0.2, -0.15) is 0 Å². The van der Waals surface area contributed by atoms with Gasteiger partial charge in [-0.05, 0) is 18.9 Å². The van der Waals surface area contributed by atoms with Crippen molar-refractivity contribution in [3.05, 3.63) is 47.5 Å². The van der Waals surface area contributed by atoms with Gasteiger partial charge in [0.2, 0.25) is 0 Å². The van der Waals surface area contributed by atoms with E-state index >= 15 is 0 Å². The van der Waals surface area contributed by atoms with Crippen LogP contribution in [0.2, 0.25) is 5.02 Å². The molecular weight excluding hydrogens is 500 g/mol. The molecule has 0 aromatic heterocycles. The van der Waals surface area contributed by atoms with E-state index in [1.807, 2.05) is 12.1 Å². The van der Waals surface area contributed by atoms with Gasteiger partial charge in [0.25, 0.3) is 0 Å². The third kappa shape index (κ3) is 10.5. The summed E-state index contributed by atoms with van der Waals surface area (Å²) in [6.45, 7) is 6.01. The van der Waals surface area contributed by atoms with Crippen molar-refractivity contribution in [3.63, 3.8) is 0 Å². The molecule has 3 aromatic carbocycles. The summed E-state index contributed by atoms with van der Waals surface area (Å²) in [6.07, 6.45) is 23.6. The van der Waals surface area contributed by atoms with E-state index in [1.54, 1.807) is 0 Å². The molecule has 216 valence electrons. The van der Waals surface area contributed by atoms with Crippen molar-refractivity contribution < 1.29 is 9.47 Å². The first-order chi connectivity index (χ1) is 19.3. The Balaban J connectivity index is 1.57. The van der Waals surface area contributed by atoms with Crippen LogP contribution in [0.1, 0.15) is 129 Å². The minimum atomic E-state index is 0.721. The molecule has 0 unspecified atom stereocenters. The second-order valence-electron chi connectivity index (χ2n) is 11.2. The van der Waals surface area contributed by atoms with E-state index in [0.29, 0.717) is 0 Å². The molecule has 0 amide bonds. The van der Waals surface area contributed by atoms with Crippen molar-refractivity contribution in [1.29, 1.82) is 0 Å². The zero-order valence-corrected chi connectivity index (χ0v) is 25.6. The molecule has 39 heavy (non-hydrogen) atoms. The summed E-state index contributed by atoms with van der Waals surface area (Å²) in [4.78, 5) is 0. The molecule has 3 rings (SSSR count). The van der Waals surface area contributed by atoms with E-state index in [1.165, 1.54) is 103 Å². The standard InChI is InChI=1S/C36H53ClO2/c1-3-5-7-9-11-13-15-17-21-28-38-35-30-24-19-20-25-31(30)36(34-32(35)26-23-27-33(34)37)39-29-22-18-16-14-12-10-8-6-4-2/h19-20,23-27H,3-18,21-22,28-29H2,1-2H3. The van der Waals surface area contributed by atoms with E-state index < -0.39 is 0 Å². The van der Waals surface area contributed by atoms with Crippen LogP contribution in [-0.4, -0.2) is 13.2 Å². The Labute approximate surface area is 243 Å². The van der Waals surface area contributed by atoms with Crippen LogP contribution in [0.3, 0.4) is 0 Å². The van der Waals surface area contributed by atoms with E-state index in [9.17, 15) is 0 Å². The molecule has 0 N–H and O–H groups in total. The average molecular weight is 553 g/mol. The van der Waals surface area contributed by atoms with Crippen molar-refractivity contribution in [2.75, 3.05) is 13.2 Å². The quantitative estimate of drug-likeness (QED) is 0.0911. The Bertz CT molecular complexity index is 1080. The predicted molar refractivity (Wildman–Crippen MR) is 172 cm³/mol. The maximum absolute atomic E-state index is 6.80. The maximum atomic E-state index is 6.80. The van der Waals surface area contributed by atoms with Gasteiger partial charge in [0.1, 0.15) is 11.5 Å². The minimum Gasteiger partial charge on any atom is -0.492 e. The van der Waals surface area contributed by atoms with Gasteiger partial charge in [-0.15, -0.1) is 0 Å². The van der Waals surface area contributed by atoms with E-state index in [0.717, 1.165) is 64.1 Å². The van der Waals surface area contributed by atoms with Crippen molar-refractivity contribution in [3.8, 4) is 11.5 Å². The number of hydrogen-bond donors (Lipinski definition) is 0. The zero-order valence-electron chi connectivity index (χ0n) is 24.9. The first-order valence-electron chi connectivity index (χ1n) is 16.2. The molecule has 0 saturated carbocycles. The highest BCUT2D eigenvalue weighted by molar-refractivity contribution is 6.37. The van der Waals surface area contributed by atoms with Gasteiger partial charge in [-0.3, -0.25) is 0 Å². The Morgan fingerprint density at radius 3 is 1.38 bits per heavy atom. The lowest BCUT2D eigenvalue weighted by Crippen LogP contribution is -2.02. The van der Waals surface area contributed by atoms with Crippen LogP contribution in [0.5, 0.6) is 11.5 Å². The number of benzene rings is 3. The summed E-state index contributed by atoms with van der Waals surface area (Å²) in [6, 6.07) is 14.6. The Hall–Kier alpha value is -1.93. The fourth-order valence-electron chi connectivity index (χ4n) is 5.58. The van der Waals surface area contributed by atoms with Crippen LogP contribution in [0.4, 0.5) is 0 Å². The summed E-state index contributed by atoms with van der Waals surface area (Å²) in [5, 5.41) is 4.98. The number of unbranched alkanes of at least 4 members (excludes halogenated alkanes) is 16. The van der Waals surface area contributed by atoms with Crippen molar-refractivity contribution in [2.45, 2.75) is 129 Å². The minimum absolute atomic E-state index is 0.721. The van der Waals surface area contributed by atoms with Gasteiger partial charge >= 0.3 is 0 Å². The van der Waals surface area contributed by atoms with Crippen LogP contribution in [0.25, 0.3) is 21.5 Å². The second kappa shape index (κ2) is 19.2. The Morgan fingerprint density at radius 1 is 0.462 bits per heavy atom. The highest BCUT2D eigenvalue weighted by Gasteiger charge is 2.18. The van der Waals surface area contributed by atoms with Crippen LogP contribution in [-0.2, 0) is 0 Å². The summed E-state index contributed by atoms with van der Waals surface area (Å²) in [7, 11) is 0. The Kier molecular flexibility index (Phi) is 15.6. The fourth-order valence-corrected chi connectivity index (χ4v) is 5.84. The van der Waals surface area contributed by atoms with Gasteiger partial charge in [0.05, 0.1) is 18.2 Å². The molecule has 0 aliphatic carbocycles. The molecule has 0 aliphatic heterocycles. The third-order valence-electron chi connectivity index (χ3n) is 7.89. The Morgan fingerprint density at radius 2 is 0.872 bits per heavy atom. The summed E-state index contributed by atoms with van der Waals surface area (Å²) >= 11 is 6.80. The van der Waals surface area contributed by atoms with Crippen LogP contribution in [0.15, 0.2) is 42.5 Å². The topological polar surface area (TPSA) is 18.5 Å². The third-order valence-corrected chi connectivity index (χ3v) is 8.21. The van der Waals surface area contributed by atoms with E-state index in [4.69, 9.17) is 21.1 Å². The lowest BCUT2D eigenvalue weighted by Gasteiger charge is -2.18. The normalized spacial score (nSPS) is 11.5. The smallest absolute Gasteiger partial charge is 0.136 e. The molecule has 0 atom stereocenters. The lowest BCUT2D eigenvalue weighted by molar-refractivity contribution is 0.306. The maximum Gasteiger partial charge on any atom is 0.136 e. The van der Waals surface area contributed by atoms with Gasteiger partial charge in [0.15, 0.2) is 0 Å². The molecule has 0 radical (unpaired) electrons. The first kappa shape index (κ1) is 31.6. The molecule has 2 nitrogen and oxygen atoms in total. The van der Waals surface area contributed by atoms with Crippen molar-refractivity contribution in [1.82, 2.24) is 0 Å². The molecule has 0 spiro atoms. The summed E-state index contributed by atoms with van der Waals surface area (Å²) in [5.74, 6) is 1.85. The first-order valence-corrected chi connectivity index (χ1v) is 16.5. The molecule has 3 heteroatoms. The monoisotopic (exact) mass is 552 g/mol.